The van der Waals surface area contributed by atoms with Crippen LogP contribution in [0.2, 0.25) is 0 Å². The molecule has 0 amide bonds. The molecular weight excluding hydrogens is 244 g/mol. The van der Waals surface area contributed by atoms with Crippen LogP contribution in [0.1, 0.15) is 78.6 Å². The van der Waals surface area contributed by atoms with E-state index in [9.17, 15) is 0 Å². The summed E-state index contributed by atoms with van der Waals surface area (Å²) in [6, 6.07) is 0.729. The minimum Gasteiger partial charge on any atom is -0.316 e. The van der Waals surface area contributed by atoms with Crippen molar-refractivity contribution in [2.75, 3.05) is 26.2 Å². The molecule has 120 valence electrons. The van der Waals surface area contributed by atoms with Gasteiger partial charge in [0.1, 0.15) is 0 Å². The van der Waals surface area contributed by atoms with E-state index < -0.39 is 0 Å². The standard InChI is InChI=1S/C18H38N2/c1-4-5-6-7-8-9-10-11-13-19-15-18-12-14-20(16-18)17(2)3/h17-19H,4-16H2,1-3H3. The highest BCUT2D eigenvalue weighted by atomic mass is 15.2. The van der Waals surface area contributed by atoms with Crippen molar-refractivity contribution in [1.29, 1.82) is 0 Å². The molecule has 2 heteroatoms. The second kappa shape index (κ2) is 11.6. The largest absolute Gasteiger partial charge is 0.316 e. The number of unbranched alkanes of at least 4 members (excludes halogenated alkanes) is 7. The third kappa shape index (κ3) is 8.26. The van der Waals surface area contributed by atoms with E-state index in [0.717, 1.165) is 12.0 Å². The van der Waals surface area contributed by atoms with Gasteiger partial charge >= 0.3 is 0 Å². The van der Waals surface area contributed by atoms with Gasteiger partial charge in [0, 0.05) is 12.6 Å². The van der Waals surface area contributed by atoms with Gasteiger partial charge in [0.15, 0.2) is 0 Å². The first kappa shape index (κ1) is 18.0. The molecule has 0 aromatic heterocycles. The number of rotatable bonds is 12. The van der Waals surface area contributed by atoms with Crippen molar-refractivity contribution in [3.8, 4) is 0 Å². The molecule has 0 spiro atoms. The lowest BCUT2D eigenvalue weighted by molar-refractivity contribution is 0.264. The molecule has 0 aromatic rings. The predicted molar refractivity (Wildman–Crippen MR) is 90.3 cm³/mol. The van der Waals surface area contributed by atoms with E-state index in [2.05, 4.69) is 31.0 Å². The molecule has 1 aliphatic rings. The highest BCUT2D eigenvalue weighted by Gasteiger charge is 2.23. The molecule has 0 aliphatic carbocycles. The van der Waals surface area contributed by atoms with Crippen molar-refractivity contribution < 1.29 is 0 Å². The number of likely N-dealkylation sites (tertiary alicyclic amines) is 1. The Morgan fingerprint density at radius 2 is 1.65 bits per heavy atom. The second-order valence-electron chi connectivity index (χ2n) is 6.92. The lowest BCUT2D eigenvalue weighted by atomic mass is 10.1. The van der Waals surface area contributed by atoms with Crippen LogP contribution < -0.4 is 5.32 Å². The van der Waals surface area contributed by atoms with Crippen molar-refractivity contribution in [3.05, 3.63) is 0 Å². The van der Waals surface area contributed by atoms with Crippen LogP contribution in [0.25, 0.3) is 0 Å². The van der Waals surface area contributed by atoms with Gasteiger partial charge in [-0.15, -0.1) is 0 Å². The molecule has 1 atom stereocenters. The van der Waals surface area contributed by atoms with Gasteiger partial charge in [-0.25, -0.2) is 0 Å². The van der Waals surface area contributed by atoms with Crippen LogP contribution >= 0.6 is 0 Å². The molecule has 1 saturated heterocycles. The molecule has 1 N–H and O–H groups in total. The predicted octanol–water partition coefficient (Wildman–Crippen LogP) is 4.45. The topological polar surface area (TPSA) is 15.3 Å². The van der Waals surface area contributed by atoms with E-state index in [-0.39, 0.29) is 0 Å². The first-order valence-electron chi connectivity index (χ1n) is 9.18. The van der Waals surface area contributed by atoms with Gasteiger partial charge in [-0.05, 0) is 52.2 Å². The van der Waals surface area contributed by atoms with Crippen LogP contribution in [-0.2, 0) is 0 Å². The summed E-state index contributed by atoms with van der Waals surface area (Å²) in [6.07, 6.45) is 12.8. The summed E-state index contributed by atoms with van der Waals surface area (Å²) in [5.74, 6) is 0.895. The Morgan fingerprint density at radius 3 is 2.25 bits per heavy atom. The zero-order valence-corrected chi connectivity index (χ0v) is 14.3. The number of hydrogen-bond acceptors (Lipinski definition) is 2. The van der Waals surface area contributed by atoms with Crippen molar-refractivity contribution >= 4 is 0 Å². The Hall–Kier alpha value is -0.0800. The molecule has 0 saturated carbocycles. The molecule has 1 aliphatic heterocycles. The van der Waals surface area contributed by atoms with Crippen LogP contribution in [0.15, 0.2) is 0 Å². The molecule has 1 fully saturated rings. The van der Waals surface area contributed by atoms with Crippen LogP contribution in [0.3, 0.4) is 0 Å². The quantitative estimate of drug-likeness (QED) is 0.532. The Kier molecular flexibility index (Phi) is 10.4. The summed E-state index contributed by atoms with van der Waals surface area (Å²) in [4.78, 5) is 2.61. The Labute approximate surface area is 127 Å². The third-order valence-electron chi connectivity index (χ3n) is 4.69. The maximum atomic E-state index is 3.67. The Balaban J connectivity index is 1.81. The lowest BCUT2D eigenvalue weighted by Crippen LogP contribution is -2.30. The minimum absolute atomic E-state index is 0.729. The number of hydrogen-bond donors (Lipinski definition) is 1. The molecule has 1 heterocycles. The van der Waals surface area contributed by atoms with Crippen molar-refractivity contribution in [1.82, 2.24) is 10.2 Å². The Bertz CT molecular complexity index is 215. The molecule has 2 nitrogen and oxygen atoms in total. The van der Waals surface area contributed by atoms with Crippen molar-refractivity contribution in [2.24, 2.45) is 5.92 Å². The van der Waals surface area contributed by atoms with Crippen molar-refractivity contribution in [2.45, 2.75) is 84.6 Å². The van der Waals surface area contributed by atoms with Gasteiger partial charge in [0.2, 0.25) is 0 Å². The molecule has 1 unspecified atom stereocenters. The molecule has 1 rings (SSSR count). The number of nitrogens with one attached hydrogen (secondary N) is 1. The van der Waals surface area contributed by atoms with Gasteiger partial charge in [-0.2, -0.15) is 0 Å². The van der Waals surface area contributed by atoms with Gasteiger partial charge in [0.05, 0.1) is 0 Å². The zero-order chi connectivity index (χ0) is 14.6. The summed E-state index contributed by atoms with van der Waals surface area (Å²) < 4.78 is 0. The first-order valence-corrected chi connectivity index (χ1v) is 9.18. The van der Waals surface area contributed by atoms with Crippen LogP contribution in [-0.4, -0.2) is 37.1 Å². The average molecular weight is 283 g/mol. The van der Waals surface area contributed by atoms with Gasteiger partial charge in [-0.1, -0.05) is 51.9 Å². The zero-order valence-electron chi connectivity index (χ0n) is 14.3. The summed E-state index contributed by atoms with van der Waals surface area (Å²) in [6.45, 7) is 12.0. The fourth-order valence-electron chi connectivity index (χ4n) is 3.19. The molecule has 20 heavy (non-hydrogen) atoms. The summed E-state index contributed by atoms with van der Waals surface area (Å²) >= 11 is 0. The van der Waals surface area contributed by atoms with Gasteiger partial charge in [-0.3, -0.25) is 0 Å². The van der Waals surface area contributed by atoms with Gasteiger partial charge < -0.3 is 10.2 Å². The highest BCUT2D eigenvalue weighted by molar-refractivity contribution is 4.78. The van der Waals surface area contributed by atoms with Crippen LogP contribution in [0.5, 0.6) is 0 Å². The summed E-state index contributed by atoms with van der Waals surface area (Å²) in [5, 5.41) is 3.67. The molecule has 0 aromatic carbocycles. The van der Waals surface area contributed by atoms with E-state index in [0.29, 0.717) is 0 Å². The lowest BCUT2D eigenvalue weighted by Gasteiger charge is -2.20. The molecule has 0 bridgehead atoms. The fourth-order valence-corrected chi connectivity index (χ4v) is 3.19. The third-order valence-corrected chi connectivity index (χ3v) is 4.69. The molecule has 0 radical (unpaired) electrons. The maximum Gasteiger partial charge on any atom is 0.00387 e. The average Bonchev–Trinajstić information content (AvgIpc) is 2.90. The smallest absolute Gasteiger partial charge is 0.00387 e. The maximum absolute atomic E-state index is 3.67. The number of nitrogens with zero attached hydrogens (tertiary/aromatic N) is 1. The summed E-state index contributed by atoms with van der Waals surface area (Å²) in [5.41, 5.74) is 0. The fraction of sp³-hybridized carbons (Fsp3) is 1.00. The first-order chi connectivity index (χ1) is 9.74. The van der Waals surface area contributed by atoms with Crippen LogP contribution in [0.4, 0.5) is 0 Å². The van der Waals surface area contributed by atoms with E-state index in [4.69, 9.17) is 0 Å². The van der Waals surface area contributed by atoms with E-state index in [1.165, 1.54) is 84.0 Å². The van der Waals surface area contributed by atoms with Gasteiger partial charge in [0.25, 0.3) is 0 Å². The molecular formula is C18H38N2. The Morgan fingerprint density at radius 1 is 1.00 bits per heavy atom. The minimum atomic E-state index is 0.729. The van der Waals surface area contributed by atoms with E-state index in [1.54, 1.807) is 0 Å². The van der Waals surface area contributed by atoms with Crippen LogP contribution in [0, 0.1) is 5.92 Å². The van der Waals surface area contributed by atoms with Crippen molar-refractivity contribution in [3.63, 3.8) is 0 Å². The van der Waals surface area contributed by atoms with E-state index in [1.807, 2.05) is 0 Å². The highest BCUT2D eigenvalue weighted by Crippen LogP contribution is 2.17. The second-order valence-corrected chi connectivity index (χ2v) is 6.92. The monoisotopic (exact) mass is 282 g/mol. The SMILES string of the molecule is CCCCCCCCCCNCC1CCN(C(C)C)C1. The normalized spacial score (nSPS) is 20.1. The summed E-state index contributed by atoms with van der Waals surface area (Å²) in [7, 11) is 0. The van der Waals surface area contributed by atoms with E-state index >= 15 is 0 Å².